The number of carbonyl (C=O) groups excluding carboxylic acids is 1. The molecular weight excluding hydrogens is 302 g/mol. The Morgan fingerprint density at radius 2 is 2.18 bits per heavy atom. The third kappa shape index (κ3) is 3.48. The van der Waals surface area contributed by atoms with Gasteiger partial charge in [0.2, 0.25) is 10.0 Å². The summed E-state index contributed by atoms with van der Waals surface area (Å²) in [7, 11) is -3.56. The van der Waals surface area contributed by atoms with Crippen molar-refractivity contribution in [2.75, 3.05) is 19.6 Å². The first-order chi connectivity index (χ1) is 10.4. The molecule has 2 unspecified atom stereocenters. The van der Waals surface area contributed by atoms with Crippen molar-refractivity contribution in [2.45, 2.75) is 31.2 Å². The van der Waals surface area contributed by atoms with Crippen molar-refractivity contribution in [2.24, 2.45) is 11.7 Å². The van der Waals surface area contributed by atoms with Crippen molar-refractivity contribution in [1.82, 2.24) is 9.62 Å². The first-order valence-electron chi connectivity index (χ1n) is 7.49. The monoisotopic (exact) mass is 325 g/mol. The molecule has 1 aliphatic heterocycles. The minimum atomic E-state index is -3.56. The molecule has 1 amide bonds. The molecule has 1 fully saturated rings. The quantitative estimate of drug-likeness (QED) is 0.837. The largest absolute Gasteiger partial charge is 0.336 e. The molecule has 2 rings (SSSR count). The molecule has 1 heterocycles. The fourth-order valence-corrected chi connectivity index (χ4v) is 3.92. The standard InChI is InChI=1S/C15H23N3O3S/c1-3-17-22(20,21)14-6-4-5-13(8-14)15(19)18-10-12(9-16)7-11(18)2/h4-6,8,11-12,17H,3,7,9-10,16H2,1-2H3. The van der Waals surface area contributed by atoms with Crippen LogP contribution in [-0.4, -0.2) is 44.9 Å². The summed E-state index contributed by atoms with van der Waals surface area (Å²) in [5.41, 5.74) is 6.08. The minimum absolute atomic E-state index is 0.113. The van der Waals surface area contributed by atoms with Gasteiger partial charge in [0.1, 0.15) is 0 Å². The summed E-state index contributed by atoms with van der Waals surface area (Å²) in [6.07, 6.45) is 0.887. The van der Waals surface area contributed by atoms with E-state index in [1.165, 1.54) is 12.1 Å². The second-order valence-electron chi connectivity index (χ2n) is 5.67. The van der Waals surface area contributed by atoms with E-state index in [2.05, 4.69) is 4.72 Å². The predicted molar refractivity (Wildman–Crippen MR) is 85.0 cm³/mol. The van der Waals surface area contributed by atoms with E-state index in [1.807, 2.05) is 6.92 Å². The van der Waals surface area contributed by atoms with E-state index in [-0.39, 0.29) is 16.8 Å². The van der Waals surface area contributed by atoms with Crippen LogP contribution in [0.1, 0.15) is 30.6 Å². The average molecular weight is 325 g/mol. The van der Waals surface area contributed by atoms with Crippen molar-refractivity contribution in [1.29, 1.82) is 0 Å². The highest BCUT2D eigenvalue weighted by molar-refractivity contribution is 7.89. The van der Waals surface area contributed by atoms with Crippen LogP contribution in [0, 0.1) is 5.92 Å². The molecule has 0 spiro atoms. The van der Waals surface area contributed by atoms with Gasteiger partial charge >= 0.3 is 0 Å². The Balaban J connectivity index is 2.25. The molecule has 1 aliphatic rings. The molecule has 122 valence electrons. The second kappa shape index (κ2) is 6.76. The van der Waals surface area contributed by atoms with Gasteiger partial charge in [-0.2, -0.15) is 0 Å². The molecule has 0 bridgehead atoms. The summed E-state index contributed by atoms with van der Waals surface area (Å²) >= 11 is 0. The van der Waals surface area contributed by atoms with Crippen LogP contribution in [-0.2, 0) is 10.0 Å². The van der Waals surface area contributed by atoms with Gasteiger partial charge in [-0.05, 0) is 44.0 Å². The van der Waals surface area contributed by atoms with Gasteiger partial charge in [0.25, 0.3) is 5.91 Å². The summed E-state index contributed by atoms with van der Waals surface area (Å²) < 4.78 is 26.5. The van der Waals surface area contributed by atoms with Crippen LogP contribution in [0.4, 0.5) is 0 Å². The molecule has 6 nitrogen and oxygen atoms in total. The van der Waals surface area contributed by atoms with Gasteiger partial charge < -0.3 is 10.6 Å². The van der Waals surface area contributed by atoms with Crippen molar-refractivity contribution in [3.8, 4) is 0 Å². The van der Waals surface area contributed by atoms with Crippen molar-refractivity contribution >= 4 is 15.9 Å². The third-order valence-electron chi connectivity index (χ3n) is 3.98. The summed E-state index contributed by atoms with van der Waals surface area (Å²) in [5.74, 6) is 0.171. The number of nitrogens with two attached hydrogens (primary N) is 1. The zero-order valence-corrected chi connectivity index (χ0v) is 13.8. The van der Waals surface area contributed by atoms with E-state index in [9.17, 15) is 13.2 Å². The molecule has 0 radical (unpaired) electrons. The van der Waals surface area contributed by atoms with Crippen LogP contribution in [0.5, 0.6) is 0 Å². The fraction of sp³-hybridized carbons (Fsp3) is 0.533. The Hall–Kier alpha value is -1.44. The Morgan fingerprint density at radius 1 is 1.45 bits per heavy atom. The first-order valence-corrected chi connectivity index (χ1v) is 8.98. The number of benzene rings is 1. The maximum absolute atomic E-state index is 12.6. The SMILES string of the molecule is CCNS(=O)(=O)c1cccc(C(=O)N2CC(CN)CC2C)c1. The molecule has 0 aromatic heterocycles. The second-order valence-corrected chi connectivity index (χ2v) is 7.44. The molecule has 3 N–H and O–H groups in total. The maximum atomic E-state index is 12.6. The minimum Gasteiger partial charge on any atom is -0.336 e. The topological polar surface area (TPSA) is 92.5 Å². The Labute approximate surface area is 131 Å². The normalized spacial score (nSPS) is 22.0. The predicted octanol–water partition coefficient (Wildman–Crippen LogP) is 0.794. The van der Waals surface area contributed by atoms with E-state index in [1.54, 1.807) is 24.0 Å². The van der Waals surface area contributed by atoms with Gasteiger partial charge in [-0.1, -0.05) is 13.0 Å². The van der Waals surface area contributed by atoms with Gasteiger partial charge in [0.15, 0.2) is 0 Å². The molecule has 0 saturated carbocycles. The highest BCUT2D eigenvalue weighted by Gasteiger charge is 2.32. The maximum Gasteiger partial charge on any atom is 0.254 e. The number of amides is 1. The number of likely N-dealkylation sites (tertiary alicyclic amines) is 1. The molecule has 1 aromatic carbocycles. The number of hydrogen-bond donors (Lipinski definition) is 2. The van der Waals surface area contributed by atoms with E-state index in [4.69, 9.17) is 5.73 Å². The van der Waals surface area contributed by atoms with E-state index in [0.29, 0.717) is 31.1 Å². The summed E-state index contributed by atoms with van der Waals surface area (Å²) in [6.45, 7) is 5.20. The number of nitrogens with zero attached hydrogens (tertiary/aromatic N) is 1. The average Bonchev–Trinajstić information content (AvgIpc) is 2.88. The number of hydrogen-bond acceptors (Lipinski definition) is 4. The van der Waals surface area contributed by atoms with Crippen LogP contribution in [0.2, 0.25) is 0 Å². The number of nitrogens with one attached hydrogen (secondary N) is 1. The zero-order valence-electron chi connectivity index (χ0n) is 13.0. The fourth-order valence-electron chi connectivity index (χ4n) is 2.83. The van der Waals surface area contributed by atoms with Crippen LogP contribution in [0.15, 0.2) is 29.2 Å². The summed E-state index contributed by atoms with van der Waals surface area (Å²) in [6, 6.07) is 6.29. The zero-order chi connectivity index (χ0) is 16.3. The van der Waals surface area contributed by atoms with Crippen LogP contribution in [0.3, 0.4) is 0 Å². The lowest BCUT2D eigenvalue weighted by Crippen LogP contribution is -2.34. The van der Waals surface area contributed by atoms with Crippen molar-refractivity contribution in [3.05, 3.63) is 29.8 Å². The molecule has 2 atom stereocenters. The first kappa shape index (κ1) is 16.9. The molecular formula is C15H23N3O3S. The van der Waals surface area contributed by atoms with Crippen LogP contribution in [0.25, 0.3) is 0 Å². The molecule has 1 aromatic rings. The molecule has 7 heteroatoms. The van der Waals surface area contributed by atoms with Crippen molar-refractivity contribution in [3.63, 3.8) is 0 Å². The number of carbonyl (C=O) groups is 1. The lowest BCUT2D eigenvalue weighted by Gasteiger charge is -2.21. The highest BCUT2D eigenvalue weighted by atomic mass is 32.2. The van der Waals surface area contributed by atoms with Gasteiger partial charge in [0.05, 0.1) is 4.90 Å². The third-order valence-corrected chi connectivity index (χ3v) is 5.52. The lowest BCUT2D eigenvalue weighted by atomic mass is 10.1. The summed E-state index contributed by atoms with van der Waals surface area (Å²) in [4.78, 5) is 14.5. The lowest BCUT2D eigenvalue weighted by molar-refractivity contribution is 0.0743. The van der Waals surface area contributed by atoms with E-state index < -0.39 is 10.0 Å². The van der Waals surface area contributed by atoms with E-state index >= 15 is 0 Å². The molecule has 22 heavy (non-hydrogen) atoms. The molecule has 0 aliphatic carbocycles. The molecule has 1 saturated heterocycles. The van der Waals surface area contributed by atoms with Gasteiger partial charge in [-0.3, -0.25) is 4.79 Å². The Kier molecular flexibility index (Phi) is 5.20. The van der Waals surface area contributed by atoms with Gasteiger partial charge in [-0.15, -0.1) is 0 Å². The van der Waals surface area contributed by atoms with Gasteiger partial charge in [0, 0.05) is 24.7 Å². The van der Waals surface area contributed by atoms with Gasteiger partial charge in [-0.25, -0.2) is 13.1 Å². The Morgan fingerprint density at radius 3 is 2.77 bits per heavy atom. The smallest absolute Gasteiger partial charge is 0.254 e. The van der Waals surface area contributed by atoms with Crippen LogP contribution < -0.4 is 10.5 Å². The van der Waals surface area contributed by atoms with Crippen molar-refractivity contribution < 1.29 is 13.2 Å². The Bertz CT molecular complexity index is 645. The summed E-state index contributed by atoms with van der Waals surface area (Å²) in [5, 5.41) is 0. The highest BCUT2D eigenvalue weighted by Crippen LogP contribution is 2.24. The number of sulfonamides is 1. The van der Waals surface area contributed by atoms with E-state index in [0.717, 1.165) is 6.42 Å². The van der Waals surface area contributed by atoms with Crippen LogP contribution >= 0.6 is 0 Å². The number of rotatable bonds is 5.